The summed E-state index contributed by atoms with van der Waals surface area (Å²) in [4.78, 5) is 31.7. The third-order valence-corrected chi connectivity index (χ3v) is 3.16. The molecule has 0 aliphatic carbocycles. The molecule has 0 aromatic heterocycles. The van der Waals surface area contributed by atoms with Gasteiger partial charge in [0.2, 0.25) is 5.91 Å². The van der Waals surface area contributed by atoms with Gasteiger partial charge in [-0.1, -0.05) is 6.92 Å². The average molecular weight is 330 g/mol. The number of nitrogens with zero attached hydrogens (tertiary/aromatic N) is 2. The third kappa shape index (κ3) is 4.03. The highest BCUT2D eigenvalue weighted by molar-refractivity contribution is 5.90. The van der Waals surface area contributed by atoms with Gasteiger partial charge < -0.3 is 10.6 Å². The molecule has 1 amide bonds. The van der Waals surface area contributed by atoms with E-state index in [4.69, 9.17) is 0 Å². The number of hydrogen-bond acceptors (Lipinski definition) is 6. The van der Waals surface area contributed by atoms with Gasteiger partial charge in [0.05, 0.1) is 15.9 Å². The number of carbonyl (C=O) groups is 1. The molecule has 0 radical (unpaired) electrons. The Bertz CT molecular complexity index is 789. The molecule has 2 N–H and O–H groups in total. The summed E-state index contributed by atoms with van der Waals surface area (Å²) >= 11 is 0. The fourth-order valence-corrected chi connectivity index (χ4v) is 1.93. The Morgan fingerprint density at radius 2 is 1.62 bits per heavy atom. The first kappa shape index (κ1) is 16.9. The van der Waals surface area contributed by atoms with Gasteiger partial charge in [0.15, 0.2) is 0 Å². The second-order valence-electron chi connectivity index (χ2n) is 4.82. The van der Waals surface area contributed by atoms with Crippen LogP contribution in [0.3, 0.4) is 0 Å². The van der Waals surface area contributed by atoms with E-state index in [2.05, 4.69) is 10.6 Å². The van der Waals surface area contributed by atoms with Crippen molar-refractivity contribution in [3.63, 3.8) is 0 Å². The van der Waals surface area contributed by atoms with E-state index in [0.717, 1.165) is 6.07 Å². The summed E-state index contributed by atoms with van der Waals surface area (Å²) in [7, 11) is 0. The number of amides is 1. The zero-order valence-corrected chi connectivity index (χ0v) is 12.7. The number of rotatable bonds is 6. The molecule has 0 heterocycles. The molecule has 9 heteroatoms. The zero-order valence-electron chi connectivity index (χ0n) is 12.7. The number of non-ortho nitro benzene ring substituents is 1. The number of nitro benzene ring substituents is 2. The molecule has 2 aromatic rings. The lowest BCUT2D eigenvalue weighted by molar-refractivity contribution is -0.393. The molecular weight excluding hydrogens is 316 g/mol. The molecule has 0 bridgehead atoms. The van der Waals surface area contributed by atoms with Crippen molar-refractivity contribution in [3.05, 3.63) is 62.7 Å². The van der Waals surface area contributed by atoms with Gasteiger partial charge in [0.25, 0.3) is 11.4 Å². The largest absolute Gasteiger partial charge is 0.350 e. The first-order valence-electron chi connectivity index (χ1n) is 7.00. The van der Waals surface area contributed by atoms with Crippen LogP contribution in [0.1, 0.15) is 13.3 Å². The van der Waals surface area contributed by atoms with Crippen molar-refractivity contribution in [1.82, 2.24) is 0 Å². The van der Waals surface area contributed by atoms with Crippen LogP contribution in [0.4, 0.5) is 28.4 Å². The van der Waals surface area contributed by atoms with E-state index in [0.29, 0.717) is 17.8 Å². The Morgan fingerprint density at radius 3 is 2.17 bits per heavy atom. The van der Waals surface area contributed by atoms with Crippen molar-refractivity contribution < 1.29 is 14.6 Å². The smallest absolute Gasteiger partial charge is 0.299 e. The number of hydrogen-bond donors (Lipinski definition) is 2. The number of anilines is 3. The Labute approximate surface area is 136 Å². The third-order valence-electron chi connectivity index (χ3n) is 3.16. The van der Waals surface area contributed by atoms with Crippen LogP contribution in [-0.4, -0.2) is 15.8 Å². The van der Waals surface area contributed by atoms with Crippen molar-refractivity contribution >= 4 is 34.3 Å². The van der Waals surface area contributed by atoms with Gasteiger partial charge in [0.1, 0.15) is 5.69 Å². The van der Waals surface area contributed by atoms with Gasteiger partial charge in [-0.15, -0.1) is 0 Å². The van der Waals surface area contributed by atoms with E-state index in [9.17, 15) is 25.0 Å². The number of benzene rings is 2. The van der Waals surface area contributed by atoms with Crippen molar-refractivity contribution in [3.8, 4) is 0 Å². The van der Waals surface area contributed by atoms with Gasteiger partial charge in [-0.2, -0.15) is 0 Å². The molecule has 0 aliphatic heterocycles. The molecule has 0 spiro atoms. The van der Waals surface area contributed by atoms with E-state index in [1.165, 1.54) is 12.1 Å². The highest BCUT2D eigenvalue weighted by Gasteiger charge is 2.19. The highest BCUT2D eigenvalue weighted by atomic mass is 16.6. The summed E-state index contributed by atoms with van der Waals surface area (Å²) in [5, 5.41) is 27.3. The Balaban J connectivity index is 2.23. The first-order valence-corrected chi connectivity index (χ1v) is 7.00. The molecule has 0 unspecified atom stereocenters. The van der Waals surface area contributed by atoms with Gasteiger partial charge in [-0.3, -0.25) is 25.0 Å². The average Bonchev–Trinajstić information content (AvgIpc) is 2.56. The minimum atomic E-state index is -0.692. The maximum atomic E-state index is 11.3. The van der Waals surface area contributed by atoms with E-state index in [-0.39, 0.29) is 17.3 Å². The second-order valence-corrected chi connectivity index (χ2v) is 4.82. The van der Waals surface area contributed by atoms with E-state index >= 15 is 0 Å². The summed E-state index contributed by atoms with van der Waals surface area (Å²) in [5.74, 6) is -0.123. The molecule has 24 heavy (non-hydrogen) atoms. The second kappa shape index (κ2) is 7.18. The molecule has 0 fully saturated rings. The van der Waals surface area contributed by atoms with Crippen LogP contribution < -0.4 is 10.6 Å². The topological polar surface area (TPSA) is 127 Å². The van der Waals surface area contributed by atoms with Gasteiger partial charge >= 0.3 is 0 Å². The zero-order chi connectivity index (χ0) is 17.7. The van der Waals surface area contributed by atoms with Crippen LogP contribution in [0, 0.1) is 20.2 Å². The van der Waals surface area contributed by atoms with Crippen LogP contribution in [0.5, 0.6) is 0 Å². The van der Waals surface area contributed by atoms with Crippen LogP contribution >= 0.6 is 0 Å². The quantitative estimate of drug-likeness (QED) is 0.615. The maximum absolute atomic E-state index is 11.3. The van der Waals surface area contributed by atoms with Gasteiger partial charge in [-0.05, 0) is 30.3 Å². The minimum absolute atomic E-state index is 0.123. The van der Waals surface area contributed by atoms with E-state index in [1.807, 2.05) is 0 Å². The van der Waals surface area contributed by atoms with Crippen molar-refractivity contribution in [2.75, 3.05) is 10.6 Å². The van der Waals surface area contributed by atoms with Crippen LogP contribution in [0.25, 0.3) is 0 Å². The summed E-state index contributed by atoms with van der Waals surface area (Å²) < 4.78 is 0. The minimum Gasteiger partial charge on any atom is -0.350 e. The lowest BCUT2D eigenvalue weighted by atomic mass is 10.2. The molecule has 2 aromatic carbocycles. The van der Waals surface area contributed by atoms with Crippen LogP contribution in [0.15, 0.2) is 42.5 Å². The van der Waals surface area contributed by atoms with E-state index in [1.54, 1.807) is 31.2 Å². The molecule has 0 aliphatic rings. The predicted octanol–water partition coefficient (Wildman–Crippen LogP) is 3.60. The Morgan fingerprint density at radius 1 is 1.00 bits per heavy atom. The Hall–Kier alpha value is -3.49. The molecular formula is C15H14N4O5. The molecule has 0 saturated heterocycles. The molecule has 0 atom stereocenters. The van der Waals surface area contributed by atoms with Crippen molar-refractivity contribution in [2.45, 2.75) is 13.3 Å². The lowest BCUT2D eigenvalue weighted by Crippen LogP contribution is -2.09. The number of carbonyl (C=O) groups excluding carboxylic acids is 1. The van der Waals surface area contributed by atoms with Crippen LogP contribution in [0.2, 0.25) is 0 Å². The fourth-order valence-electron chi connectivity index (χ4n) is 1.93. The van der Waals surface area contributed by atoms with Gasteiger partial charge in [-0.25, -0.2) is 0 Å². The maximum Gasteiger partial charge on any atom is 0.299 e. The molecule has 2 rings (SSSR count). The van der Waals surface area contributed by atoms with Crippen molar-refractivity contribution in [1.29, 1.82) is 0 Å². The van der Waals surface area contributed by atoms with Crippen molar-refractivity contribution in [2.24, 2.45) is 0 Å². The highest BCUT2D eigenvalue weighted by Crippen LogP contribution is 2.31. The molecule has 9 nitrogen and oxygen atoms in total. The summed E-state index contributed by atoms with van der Waals surface area (Å²) in [5.41, 5.74) is 0.528. The lowest BCUT2D eigenvalue weighted by Gasteiger charge is -2.08. The number of nitrogens with one attached hydrogen (secondary N) is 2. The summed E-state index contributed by atoms with van der Waals surface area (Å²) in [6.45, 7) is 1.74. The van der Waals surface area contributed by atoms with Crippen LogP contribution in [-0.2, 0) is 4.79 Å². The predicted molar refractivity (Wildman–Crippen MR) is 88.4 cm³/mol. The standard InChI is InChI=1S/C15H14N4O5/c1-2-15(20)17-11-5-3-10(4-6-11)16-13-8-7-12(18(21)22)9-14(13)19(23)24/h3-9,16H,2H2,1H3,(H,17,20). The Kier molecular flexibility index (Phi) is 5.05. The van der Waals surface area contributed by atoms with E-state index < -0.39 is 15.5 Å². The number of nitro groups is 2. The normalized spacial score (nSPS) is 10.0. The molecule has 124 valence electrons. The summed E-state index contributed by atoms with van der Waals surface area (Å²) in [6.07, 6.45) is 0.356. The molecule has 0 saturated carbocycles. The first-order chi connectivity index (χ1) is 11.4. The summed E-state index contributed by atoms with van der Waals surface area (Å²) in [6, 6.07) is 9.93. The monoisotopic (exact) mass is 330 g/mol. The SMILES string of the molecule is CCC(=O)Nc1ccc(Nc2ccc([N+](=O)[O-])cc2[N+](=O)[O-])cc1. The van der Waals surface area contributed by atoms with Gasteiger partial charge in [0, 0.05) is 23.9 Å². The fraction of sp³-hybridized carbons (Fsp3) is 0.133.